The zero-order chi connectivity index (χ0) is 14.8. The highest BCUT2D eigenvalue weighted by molar-refractivity contribution is 5.46. The number of fused-ring (bicyclic) bond motifs is 1. The molecule has 21 heavy (non-hydrogen) atoms. The lowest BCUT2D eigenvalue weighted by Gasteiger charge is -2.35. The molecule has 2 N–H and O–H groups in total. The summed E-state index contributed by atoms with van der Waals surface area (Å²) >= 11 is 0. The molecule has 0 radical (unpaired) electrons. The van der Waals surface area contributed by atoms with Crippen molar-refractivity contribution in [1.82, 2.24) is 4.90 Å². The molecule has 1 saturated heterocycles. The number of aryl methyl sites for hydroxylation is 2. The van der Waals surface area contributed by atoms with E-state index in [1.807, 2.05) is 0 Å². The van der Waals surface area contributed by atoms with Crippen molar-refractivity contribution < 1.29 is 4.74 Å². The van der Waals surface area contributed by atoms with Crippen LogP contribution in [0.3, 0.4) is 0 Å². The van der Waals surface area contributed by atoms with Crippen molar-refractivity contribution in [2.75, 3.05) is 26.2 Å². The first kappa shape index (κ1) is 14.9. The van der Waals surface area contributed by atoms with E-state index in [0.29, 0.717) is 5.92 Å². The van der Waals surface area contributed by atoms with E-state index in [1.165, 1.54) is 55.5 Å². The minimum atomic E-state index is 0.109. The summed E-state index contributed by atoms with van der Waals surface area (Å²) in [4.78, 5) is 2.59. The molecule has 2 heterocycles. The summed E-state index contributed by atoms with van der Waals surface area (Å²) < 4.78 is 6.03. The highest BCUT2D eigenvalue weighted by Gasteiger charge is 2.31. The summed E-state index contributed by atoms with van der Waals surface area (Å²) in [6.45, 7) is 8.56. The van der Waals surface area contributed by atoms with Crippen LogP contribution in [0.25, 0.3) is 0 Å². The Hall–Kier alpha value is -1.06. The quantitative estimate of drug-likeness (QED) is 0.908. The van der Waals surface area contributed by atoms with E-state index in [9.17, 15) is 0 Å². The topological polar surface area (TPSA) is 38.5 Å². The van der Waals surface area contributed by atoms with Crippen LogP contribution in [0.5, 0.6) is 5.75 Å². The van der Waals surface area contributed by atoms with Crippen LogP contribution in [0.2, 0.25) is 0 Å². The molecule has 2 atom stereocenters. The summed E-state index contributed by atoms with van der Waals surface area (Å²) in [5.41, 5.74) is 10.3. The van der Waals surface area contributed by atoms with Crippen molar-refractivity contribution in [2.45, 2.75) is 45.6 Å². The van der Waals surface area contributed by atoms with Gasteiger partial charge >= 0.3 is 0 Å². The third-order valence-corrected chi connectivity index (χ3v) is 4.98. The number of nitrogens with two attached hydrogens (primary N) is 1. The first-order valence-electron chi connectivity index (χ1n) is 8.37. The monoisotopic (exact) mass is 288 g/mol. The van der Waals surface area contributed by atoms with E-state index in [-0.39, 0.29) is 6.04 Å². The van der Waals surface area contributed by atoms with Gasteiger partial charge in [0.15, 0.2) is 0 Å². The average molecular weight is 288 g/mol. The normalized spacial score (nSPS) is 26.8. The van der Waals surface area contributed by atoms with E-state index < -0.39 is 0 Å². The van der Waals surface area contributed by atoms with Gasteiger partial charge in [-0.25, -0.2) is 0 Å². The SMILES string of the molecule is Cc1cc(C)c2c(c1)OCC(CN1CCCCCC1)C2N. The molecule has 2 unspecified atom stereocenters. The summed E-state index contributed by atoms with van der Waals surface area (Å²) in [7, 11) is 0. The molecular weight excluding hydrogens is 260 g/mol. The smallest absolute Gasteiger partial charge is 0.124 e. The number of ether oxygens (including phenoxy) is 1. The first-order valence-corrected chi connectivity index (χ1v) is 8.37. The fraction of sp³-hybridized carbons (Fsp3) is 0.667. The van der Waals surface area contributed by atoms with E-state index >= 15 is 0 Å². The third kappa shape index (κ3) is 3.24. The molecule has 0 bridgehead atoms. The summed E-state index contributed by atoms with van der Waals surface area (Å²) in [5, 5.41) is 0. The largest absolute Gasteiger partial charge is 0.493 e. The predicted molar refractivity (Wildman–Crippen MR) is 86.7 cm³/mol. The van der Waals surface area contributed by atoms with Crippen LogP contribution in [0, 0.1) is 19.8 Å². The van der Waals surface area contributed by atoms with E-state index in [4.69, 9.17) is 10.5 Å². The van der Waals surface area contributed by atoms with Gasteiger partial charge in [0.25, 0.3) is 0 Å². The zero-order valence-corrected chi connectivity index (χ0v) is 13.4. The number of rotatable bonds is 2. The van der Waals surface area contributed by atoms with Gasteiger partial charge in [-0.2, -0.15) is 0 Å². The lowest BCUT2D eigenvalue weighted by atomic mass is 9.87. The van der Waals surface area contributed by atoms with Crippen LogP contribution in [0.1, 0.15) is 48.4 Å². The Labute approximate surface area is 128 Å². The van der Waals surface area contributed by atoms with Crippen LogP contribution < -0.4 is 10.5 Å². The average Bonchev–Trinajstić information content (AvgIpc) is 2.70. The molecule has 3 heteroatoms. The van der Waals surface area contributed by atoms with E-state index in [1.54, 1.807) is 0 Å². The number of hydrogen-bond acceptors (Lipinski definition) is 3. The minimum Gasteiger partial charge on any atom is -0.493 e. The first-order chi connectivity index (χ1) is 10.1. The van der Waals surface area contributed by atoms with Crippen molar-refractivity contribution in [3.8, 4) is 5.75 Å². The second-order valence-corrected chi connectivity index (χ2v) is 6.81. The summed E-state index contributed by atoms with van der Waals surface area (Å²) in [6, 6.07) is 4.46. The number of hydrogen-bond donors (Lipinski definition) is 1. The molecule has 3 nitrogen and oxygen atoms in total. The number of benzene rings is 1. The Kier molecular flexibility index (Phi) is 4.51. The maximum Gasteiger partial charge on any atom is 0.124 e. The highest BCUT2D eigenvalue weighted by Crippen LogP contribution is 2.37. The fourth-order valence-electron chi connectivity index (χ4n) is 3.84. The molecule has 0 saturated carbocycles. The molecule has 2 aliphatic heterocycles. The van der Waals surface area contributed by atoms with Crippen molar-refractivity contribution in [3.05, 3.63) is 28.8 Å². The second-order valence-electron chi connectivity index (χ2n) is 6.81. The third-order valence-electron chi connectivity index (χ3n) is 4.98. The maximum absolute atomic E-state index is 6.59. The van der Waals surface area contributed by atoms with Gasteiger partial charge in [-0.3, -0.25) is 0 Å². The summed E-state index contributed by atoms with van der Waals surface area (Å²) in [6.07, 6.45) is 5.42. The van der Waals surface area contributed by atoms with Gasteiger partial charge < -0.3 is 15.4 Å². The van der Waals surface area contributed by atoms with Gasteiger partial charge in [0.2, 0.25) is 0 Å². The van der Waals surface area contributed by atoms with Crippen LogP contribution >= 0.6 is 0 Å². The van der Waals surface area contributed by atoms with Crippen molar-refractivity contribution in [2.24, 2.45) is 11.7 Å². The van der Waals surface area contributed by atoms with Crippen molar-refractivity contribution >= 4 is 0 Å². The van der Waals surface area contributed by atoms with Crippen LogP contribution in [0.15, 0.2) is 12.1 Å². The van der Waals surface area contributed by atoms with E-state index in [0.717, 1.165) is 18.9 Å². The molecule has 0 spiro atoms. The maximum atomic E-state index is 6.59. The van der Waals surface area contributed by atoms with Gasteiger partial charge in [-0.15, -0.1) is 0 Å². The molecule has 1 aromatic rings. The van der Waals surface area contributed by atoms with Gasteiger partial charge in [-0.1, -0.05) is 18.9 Å². The fourth-order valence-corrected chi connectivity index (χ4v) is 3.84. The Balaban J connectivity index is 1.74. The van der Waals surface area contributed by atoms with Gasteiger partial charge in [0.05, 0.1) is 6.61 Å². The molecule has 116 valence electrons. The summed E-state index contributed by atoms with van der Waals surface area (Å²) in [5.74, 6) is 1.42. The van der Waals surface area contributed by atoms with Gasteiger partial charge in [-0.05, 0) is 57.0 Å². The van der Waals surface area contributed by atoms with Crippen molar-refractivity contribution in [3.63, 3.8) is 0 Å². The number of nitrogens with zero attached hydrogens (tertiary/aromatic N) is 1. The molecule has 1 fully saturated rings. The Morgan fingerprint density at radius 2 is 1.86 bits per heavy atom. The van der Waals surface area contributed by atoms with E-state index in [2.05, 4.69) is 30.9 Å². The standard InChI is InChI=1S/C18H28N2O/c1-13-9-14(2)17-16(10-13)21-12-15(18(17)19)11-20-7-5-3-4-6-8-20/h9-10,15,18H,3-8,11-12,19H2,1-2H3. The number of likely N-dealkylation sites (tertiary alicyclic amines) is 1. The Morgan fingerprint density at radius 1 is 1.14 bits per heavy atom. The molecule has 1 aromatic carbocycles. The lowest BCUT2D eigenvalue weighted by Crippen LogP contribution is -2.41. The van der Waals surface area contributed by atoms with Crippen molar-refractivity contribution in [1.29, 1.82) is 0 Å². The molecule has 0 amide bonds. The molecule has 0 aliphatic carbocycles. The van der Waals surface area contributed by atoms with Gasteiger partial charge in [0, 0.05) is 24.1 Å². The van der Waals surface area contributed by atoms with Crippen LogP contribution in [-0.2, 0) is 0 Å². The molecule has 3 rings (SSSR count). The lowest BCUT2D eigenvalue weighted by molar-refractivity contribution is 0.140. The Bertz CT molecular complexity index is 492. The van der Waals surface area contributed by atoms with Gasteiger partial charge in [0.1, 0.15) is 5.75 Å². The predicted octanol–water partition coefficient (Wildman–Crippen LogP) is 3.19. The molecular formula is C18H28N2O. The highest BCUT2D eigenvalue weighted by atomic mass is 16.5. The van der Waals surface area contributed by atoms with Crippen LogP contribution in [-0.4, -0.2) is 31.1 Å². The molecule has 2 aliphatic rings. The zero-order valence-electron chi connectivity index (χ0n) is 13.4. The second kappa shape index (κ2) is 6.37. The van der Waals surface area contributed by atoms with Crippen LogP contribution in [0.4, 0.5) is 0 Å². The molecule has 0 aromatic heterocycles. The Morgan fingerprint density at radius 3 is 2.57 bits per heavy atom. The minimum absolute atomic E-state index is 0.109.